The van der Waals surface area contributed by atoms with Crippen LogP contribution in [0.4, 0.5) is 5.82 Å². The monoisotopic (exact) mass is 300 g/mol. The van der Waals surface area contributed by atoms with E-state index < -0.39 is 0 Å². The fraction of sp³-hybridized carbons (Fsp3) is 0.133. The van der Waals surface area contributed by atoms with E-state index in [1.807, 2.05) is 19.1 Å². The summed E-state index contributed by atoms with van der Waals surface area (Å²) in [5.41, 5.74) is 2.79. The highest BCUT2D eigenvalue weighted by Crippen LogP contribution is 2.17. The zero-order valence-corrected chi connectivity index (χ0v) is 12.3. The van der Waals surface area contributed by atoms with Crippen LogP contribution in [0.2, 0.25) is 5.02 Å². The number of aromatic nitrogens is 3. The van der Waals surface area contributed by atoms with Gasteiger partial charge in [-0.1, -0.05) is 11.6 Å². The smallest absolute Gasteiger partial charge is 0.275 e. The largest absolute Gasteiger partial charge is 0.305 e. The van der Waals surface area contributed by atoms with Gasteiger partial charge in [0, 0.05) is 23.5 Å². The first-order chi connectivity index (χ1) is 10.0. The van der Waals surface area contributed by atoms with Crippen LogP contribution in [0, 0.1) is 13.8 Å². The number of nitrogens with one attached hydrogen (secondary N) is 1. The minimum Gasteiger partial charge on any atom is -0.305 e. The van der Waals surface area contributed by atoms with Crippen LogP contribution in [-0.2, 0) is 0 Å². The molecule has 1 amide bonds. The molecular weight excluding hydrogens is 288 g/mol. The van der Waals surface area contributed by atoms with Crippen molar-refractivity contribution in [1.29, 1.82) is 0 Å². The molecule has 0 aliphatic carbocycles. The molecule has 3 aromatic heterocycles. The SMILES string of the molecule is Cc1ccnc(NC(=O)c2c(C)nc3cc(Cl)ccn23)c1. The van der Waals surface area contributed by atoms with E-state index >= 15 is 0 Å². The van der Waals surface area contributed by atoms with Crippen molar-refractivity contribution >= 4 is 29.0 Å². The Hall–Kier alpha value is -2.40. The molecule has 0 aromatic carbocycles. The molecule has 3 aromatic rings. The number of hydrogen-bond acceptors (Lipinski definition) is 3. The molecule has 0 fully saturated rings. The molecule has 0 aliphatic heterocycles. The summed E-state index contributed by atoms with van der Waals surface area (Å²) in [5.74, 6) is 0.267. The first-order valence-electron chi connectivity index (χ1n) is 6.43. The van der Waals surface area contributed by atoms with Crippen molar-refractivity contribution < 1.29 is 4.79 Å². The van der Waals surface area contributed by atoms with Gasteiger partial charge in [-0.25, -0.2) is 9.97 Å². The van der Waals surface area contributed by atoms with E-state index in [1.54, 1.807) is 35.9 Å². The van der Waals surface area contributed by atoms with Gasteiger partial charge in [0.15, 0.2) is 0 Å². The van der Waals surface area contributed by atoms with Crippen molar-refractivity contribution in [1.82, 2.24) is 14.4 Å². The van der Waals surface area contributed by atoms with Gasteiger partial charge in [-0.2, -0.15) is 0 Å². The number of anilines is 1. The second kappa shape index (κ2) is 5.18. The standard InChI is InChI=1S/C15H13ClN4O/c1-9-3-5-17-12(7-9)19-15(21)14-10(2)18-13-8-11(16)4-6-20(13)14/h3-8H,1-2H3,(H,17,19,21). The first-order valence-corrected chi connectivity index (χ1v) is 6.80. The third kappa shape index (κ3) is 2.60. The van der Waals surface area contributed by atoms with E-state index in [2.05, 4.69) is 15.3 Å². The van der Waals surface area contributed by atoms with Crippen molar-refractivity contribution in [3.05, 3.63) is 58.6 Å². The lowest BCUT2D eigenvalue weighted by Gasteiger charge is -2.06. The summed E-state index contributed by atoms with van der Waals surface area (Å²) in [7, 11) is 0. The van der Waals surface area contributed by atoms with Crippen LogP contribution in [-0.4, -0.2) is 20.3 Å². The number of imidazole rings is 1. The second-order valence-corrected chi connectivity index (χ2v) is 5.23. The minimum atomic E-state index is -0.250. The van der Waals surface area contributed by atoms with Gasteiger partial charge in [-0.05, 0) is 37.6 Å². The average molecular weight is 301 g/mol. The van der Waals surface area contributed by atoms with E-state index in [-0.39, 0.29) is 5.91 Å². The summed E-state index contributed by atoms with van der Waals surface area (Å²) in [5, 5.41) is 3.37. The molecule has 6 heteroatoms. The van der Waals surface area contributed by atoms with Crippen molar-refractivity contribution in [2.75, 3.05) is 5.32 Å². The molecule has 106 valence electrons. The lowest BCUT2D eigenvalue weighted by molar-refractivity contribution is 0.102. The van der Waals surface area contributed by atoms with E-state index in [1.165, 1.54) is 0 Å². The van der Waals surface area contributed by atoms with Crippen molar-refractivity contribution in [2.24, 2.45) is 0 Å². The maximum absolute atomic E-state index is 12.5. The van der Waals surface area contributed by atoms with Gasteiger partial charge in [0.05, 0.1) is 5.69 Å². The molecule has 0 radical (unpaired) electrons. The molecule has 0 unspecified atom stereocenters. The molecule has 3 rings (SSSR count). The number of rotatable bonds is 2. The third-order valence-corrected chi connectivity index (χ3v) is 3.37. The molecule has 0 spiro atoms. The molecule has 5 nitrogen and oxygen atoms in total. The molecular formula is C15H13ClN4O. The Kier molecular flexibility index (Phi) is 3.35. The minimum absolute atomic E-state index is 0.250. The normalized spacial score (nSPS) is 10.8. The van der Waals surface area contributed by atoms with Gasteiger partial charge in [0.2, 0.25) is 0 Å². The van der Waals surface area contributed by atoms with Gasteiger partial charge in [-0.15, -0.1) is 0 Å². The van der Waals surface area contributed by atoms with Crippen LogP contribution in [0.1, 0.15) is 21.7 Å². The van der Waals surface area contributed by atoms with E-state index in [0.717, 1.165) is 5.56 Å². The van der Waals surface area contributed by atoms with Gasteiger partial charge < -0.3 is 5.32 Å². The van der Waals surface area contributed by atoms with Crippen LogP contribution in [0.5, 0.6) is 0 Å². The zero-order valence-electron chi connectivity index (χ0n) is 11.6. The third-order valence-electron chi connectivity index (χ3n) is 3.13. The number of pyridine rings is 2. The molecule has 0 aliphatic rings. The molecule has 21 heavy (non-hydrogen) atoms. The Bertz CT molecular complexity index is 841. The van der Waals surface area contributed by atoms with E-state index in [9.17, 15) is 4.79 Å². The van der Waals surface area contributed by atoms with Crippen LogP contribution < -0.4 is 5.32 Å². The van der Waals surface area contributed by atoms with Crippen LogP contribution in [0.25, 0.3) is 5.65 Å². The fourth-order valence-corrected chi connectivity index (χ4v) is 2.35. The van der Waals surface area contributed by atoms with Gasteiger partial charge in [-0.3, -0.25) is 9.20 Å². The molecule has 0 atom stereocenters. The lowest BCUT2D eigenvalue weighted by Crippen LogP contribution is -2.16. The number of fused-ring (bicyclic) bond motifs is 1. The molecule has 0 bridgehead atoms. The van der Waals surface area contributed by atoms with Gasteiger partial charge in [0.25, 0.3) is 5.91 Å². The highest BCUT2D eigenvalue weighted by atomic mass is 35.5. The second-order valence-electron chi connectivity index (χ2n) is 4.79. The van der Waals surface area contributed by atoms with E-state index in [0.29, 0.717) is 27.9 Å². The maximum atomic E-state index is 12.5. The highest BCUT2D eigenvalue weighted by molar-refractivity contribution is 6.30. The predicted molar refractivity (Wildman–Crippen MR) is 81.9 cm³/mol. The van der Waals surface area contributed by atoms with Crippen molar-refractivity contribution in [3.8, 4) is 0 Å². The summed E-state index contributed by atoms with van der Waals surface area (Å²) >= 11 is 5.94. The Labute approximate surface area is 126 Å². The van der Waals surface area contributed by atoms with Crippen LogP contribution in [0.3, 0.4) is 0 Å². The summed E-state index contributed by atoms with van der Waals surface area (Å²) in [4.78, 5) is 20.9. The number of nitrogens with zero attached hydrogens (tertiary/aromatic N) is 3. The summed E-state index contributed by atoms with van der Waals surface area (Å²) in [6.07, 6.45) is 3.39. The number of hydrogen-bond donors (Lipinski definition) is 1. The number of carbonyl (C=O) groups excluding carboxylic acids is 1. The summed E-state index contributed by atoms with van der Waals surface area (Å²) < 4.78 is 1.71. The van der Waals surface area contributed by atoms with E-state index in [4.69, 9.17) is 11.6 Å². The molecule has 1 N–H and O–H groups in total. The summed E-state index contributed by atoms with van der Waals surface area (Å²) in [6.45, 7) is 3.73. The quantitative estimate of drug-likeness (QED) is 0.790. The first kappa shape index (κ1) is 13.6. The number of carbonyl (C=O) groups is 1. The van der Waals surface area contributed by atoms with Gasteiger partial charge in [0.1, 0.15) is 17.2 Å². The Morgan fingerprint density at radius 2 is 2.10 bits per heavy atom. The Morgan fingerprint density at radius 3 is 2.86 bits per heavy atom. The summed E-state index contributed by atoms with van der Waals surface area (Å²) in [6, 6.07) is 7.12. The van der Waals surface area contributed by atoms with Crippen LogP contribution >= 0.6 is 11.6 Å². The topological polar surface area (TPSA) is 59.3 Å². The fourth-order valence-electron chi connectivity index (χ4n) is 2.19. The predicted octanol–water partition coefficient (Wildman–Crippen LogP) is 3.25. The molecule has 0 saturated heterocycles. The number of amides is 1. The Morgan fingerprint density at radius 1 is 1.29 bits per heavy atom. The average Bonchev–Trinajstić information content (AvgIpc) is 2.73. The number of halogens is 1. The van der Waals surface area contributed by atoms with Gasteiger partial charge >= 0.3 is 0 Å². The highest BCUT2D eigenvalue weighted by Gasteiger charge is 2.17. The molecule has 3 heterocycles. The maximum Gasteiger partial charge on any atom is 0.275 e. The van der Waals surface area contributed by atoms with Crippen molar-refractivity contribution in [3.63, 3.8) is 0 Å². The number of aryl methyl sites for hydroxylation is 2. The zero-order chi connectivity index (χ0) is 15.0. The van der Waals surface area contributed by atoms with Crippen LogP contribution in [0.15, 0.2) is 36.7 Å². The Balaban J connectivity index is 2.00. The molecule has 0 saturated carbocycles. The lowest BCUT2D eigenvalue weighted by atomic mass is 10.3. The van der Waals surface area contributed by atoms with Crippen molar-refractivity contribution in [2.45, 2.75) is 13.8 Å².